The molecule has 3 aliphatic rings. The quantitative estimate of drug-likeness (QED) is 0.400. The van der Waals surface area contributed by atoms with E-state index in [1.54, 1.807) is 7.11 Å². The molecule has 0 unspecified atom stereocenters. The zero-order valence-corrected chi connectivity index (χ0v) is 25.1. The number of likely N-dealkylation sites (tertiary alicyclic amines) is 1. The number of ether oxygens (including phenoxy) is 2. The lowest BCUT2D eigenvalue weighted by Crippen LogP contribution is -2.52. The van der Waals surface area contributed by atoms with E-state index in [-0.39, 0.29) is 11.5 Å². The second-order valence-electron chi connectivity index (χ2n) is 12.5. The van der Waals surface area contributed by atoms with Crippen LogP contribution in [0.4, 0.5) is 5.69 Å². The Kier molecular flexibility index (Phi) is 8.07. The van der Waals surface area contributed by atoms with Crippen molar-refractivity contribution < 1.29 is 14.3 Å². The normalized spacial score (nSPS) is 23.9. The van der Waals surface area contributed by atoms with Crippen LogP contribution < -0.4 is 4.90 Å². The lowest BCUT2D eigenvalue weighted by molar-refractivity contribution is -0.140. The number of rotatable bonds is 8. The van der Waals surface area contributed by atoms with E-state index in [1.165, 1.54) is 16.8 Å². The number of hydrogen-bond donors (Lipinski definition) is 0. The van der Waals surface area contributed by atoms with E-state index in [4.69, 9.17) is 9.47 Å². The average molecular weight is 560 g/mol. The van der Waals surface area contributed by atoms with Gasteiger partial charge in [0.15, 0.2) is 0 Å². The van der Waals surface area contributed by atoms with E-state index in [2.05, 4.69) is 76.2 Å². The van der Waals surface area contributed by atoms with Gasteiger partial charge in [-0.25, -0.2) is 4.52 Å². The maximum absolute atomic E-state index is 12.8. The SMILES string of the molecule is COC[C@H](C)N1CCC(OC)(c2ccc(-c3cc4c(N5CCN(C(=O)[C@H]6C[C@H](C)C6)CC5)ccnn4c3)cc2)CC1. The van der Waals surface area contributed by atoms with Gasteiger partial charge in [-0.1, -0.05) is 31.2 Å². The maximum Gasteiger partial charge on any atom is 0.225 e. The number of carbonyl (C=O) groups excluding carboxylic acids is 1. The third-order valence-corrected chi connectivity index (χ3v) is 9.91. The fourth-order valence-electron chi connectivity index (χ4n) is 7.20. The summed E-state index contributed by atoms with van der Waals surface area (Å²) >= 11 is 0. The number of piperazine rings is 1. The monoisotopic (exact) mass is 559 g/mol. The molecule has 8 nitrogen and oxygen atoms in total. The standard InChI is InChI=1S/C33H45N5O3/c1-24-19-27(20-24)32(39)37-17-15-36(16-18-37)30-9-12-34-38-22-28(21-31(30)38)26-5-7-29(8-6-26)33(41-4)10-13-35(14-11-33)25(2)23-40-3/h5-9,12,21-22,24-25,27H,10-11,13-20,23H2,1-4H3/t24-,25-,27-/m0/s1. The minimum absolute atomic E-state index is 0.248. The number of benzene rings is 1. The number of hydrogen-bond acceptors (Lipinski definition) is 6. The molecule has 1 aromatic carbocycles. The first-order valence-electron chi connectivity index (χ1n) is 15.3. The van der Waals surface area contributed by atoms with E-state index in [9.17, 15) is 4.79 Å². The molecule has 8 heteroatoms. The molecule has 0 N–H and O–H groups in total. The Morgan fingerprint density at radius 3 is 2.34 bits per heavy atom. The summed E-state index contributed by atoms with van der Waals surface area (Å²) in [5.41, 5.74) is 5.61. The van der Waals surface area contributed by atoms with Crippen molar-refractivity contribution in [3.05, 3.63) is 54.4 Å². The van der Waals surface area contributed by atoms with Gasteiger partial charge in [0.25, 0.3) is 0 Å². The van der Waals surface area contributed by atoms with Gasteiger partial charge >= 0.3 is 0 Å². The van der Waals surface area contributed by atoms with E-state index < -0.39 is 0 Å². The highest BCUT2D eigenvalue weighted by atomic mass is 16.5. The van der Waals surface area contributed by atoms with Crippen molar-refractivity contribution in [1.82, 2.24) is 19.4 Å². The van der Waals surface area contributed by atoms with Gasteiger partial charge in [0, 0.05) is 83.4 Å². The first kappa shape index (κ1) is 28.2. The molecule has 1 atom stereocenters. The molecular formula is C33H45N5O3. The maximum atomic E-state index is 12.8. The minimum atomic E-state index is -0.248. The fourth-order valence-corrected chi connectivity index (χ4v) is 7.20. The summed E-state index contributed by atoms with van der Waals surface area (Å²) in [5.74, 6) is 1.31. The second-order valence-corrected chi connectivity index (χ2v) is 12.5. The van der Waals surface area contributed by atoms with Crippen molar-refractivity contribution in [3.8, 4) is 11.1 Å². The van der Waals surface area contributed by atoms with Gasteiger partial charge in [0.2, 0.25) is 5.91 Å². The molecule has 41 heavy (non-hydrogen) atoms. The van der Waals surface area contributed by atoms with E-state index in [0.29, 0.717) is 17.9 Å². The Balaban J connectivity index is 1.14. The van der Waals surface area contributed by atoms with E-state index in [0.717, 1.165) is 82.6 Å². The molecule has 3 fully saturated rings. The van der Waals surface area contributed by atoms with Crippen molar-refractivity contribution in [2.24, 2.45) is 11.8 Å². The average Bonchev–Trinajstić information content (AvgIpc) is 3.44. The Hall–Kier alpha value is -2.94. The number of methoxy groups -OCH3 is 2. The first-order valence-corrected chi connectivity index (χ1v) is 15.3. The van der Waals surface area contributed by atoms with Crippen molar-refractivity contribution in [2.75, 3.05) is 65.0 Å². The molecular weight excluding hydrogens is 514 g/mol. The summed E-state index contributed by atoms with van der Waals surface area (Å²) in [7, 11) is 3.62. The number of carbonyl (C=O) groups is 1. The Labute approximate surface area is 244 Å². The van der Waals surface area contributed by atoms with Gasteiger partial charge in [-0.2, -0.15) is 5.10 Å². The van der Waals surface area contributed by atoms with Crippen LogP contribution in [-0.2, 0) is 19.9 Å². The van der Waals surface area contributed by atoms with Gasteiger partial charge < -0.3 is 19.3 Å². The van der Waals surface area contributed by atoms with Crippen LogP contribution >= 0.6 is 0 Å². The van der Waals surface area contributed by atoms with Gasteiger partial charge in [0.05, 0.1) is 23.4 Å². The summed E-state index contributed by atoms with van der Waals surface area (Å²) in [6, 6.07) is 13.7. The second kappa shape index (κ2) is 11.7. The molecule has 2 saturated heterocycles. The van der Waals surface area contributed by atoms with Gasteiger partial charge in [-0.3, -0.25) is 9.69 Å². The fraction of sp³-hybridized carbons (Fsp3) is 0.576. The number of amides is 1. The number of fused-ring (bicyclic) bond motifs is 1. The predicted octanol–water partition coefficient (Wildman–Crippen LogP) is 4.67. The van der Waals surface area contributed by atoms with Crippen LogP contribution in [0.15, 0.2) is 48.8 Å². The third-order valence-electron chi connectivity index (χ3n) is 9.91. The number of piperidine rings is 1. The zero-order chi connectivity index (χ0) is 28.6. The number of nitrogens with zero attached hydrogens (tertiary/aromatic N) is 5. The lowest BCUT2D eigenvalue weighted by Gasteiger charge is -2.43. The van der Waals surface area contributed by atoms with Crippen LogP contribution in [0.3, 0.4) is 0 Å². The van der Waals surface area contributed by atoms with Crippen molar-refractivity contribution in [2.45, 2.75) is 51.2 Å². The molecule has 0 spiro atoms. The molecule has 2 aromatic heterocycles. The summed E-state index contributed by atoms with van der Waals surface area (Å²) < 4.78 is 13.5. The van der Waals surface area contributed by atoms with Crippen LogP contribution in [-0.4, -0.2) is 91.5 Å². The highest BCUT2D eigenvalue weighted by Gasteiger charge is 2.38. The molecule has 1 aliphatic carbocycles. The molecule has 6 rings (SSSR count). The third kappa shape index (κ3) is 5.49. The number of aromatic nitrogens is 2. The molecule has 4 heterocycles. The molecule has 1 amide bonds. The zero-order valence-electron chi connectivity index (χ0n) is 25.1. The van der Waals surface area contributed by atoms with Crippen LogP contribution in [0.25, 0.3) is 16.6 Å². The van der Waals surface area contributed by atoms with Crippen LogP contribution in [0.5, 0.6) is 0 Å². The highest BCUT2D eigenvalue weighted by Crippen LogP contribution is 2.38. The van der Waals surface area contributed by atoms with Crippen LogP contribution in [0.2, 0.25) is 0 Å². The first-order chi connectivity index (χ1) is 19.9. The van der Waals surface area contributed by atoms with Crippen LogP contribution in [0.1, 0.15) is 45.1 Å². The largest absolute Gasteiger partial charge is 0.383 e. The van der Waals surface area contributed by atoms with Gasteiger partial charge in [-0.15, -0.1) is 0 Å². The topological polar surface area (TPSA) is 62.6 Å². The highest BCUT2D eigenvalue weighted by molar-refractivity contribution is 5.82. The lowest BCUT2D eigenvalue weighted by atomic mass is 9.75. The summed E-state index contributed by atoms with van der Waals surface area (Å²) in [4.78, 5) is 19.8. The van der Waals surface area contributed by atoms with Crippen molar-refractivity contribution in [1.29, 1.82) is 0 Å². The van der Waals surface area contributed by atoms with E-state index in [1.807, 2.05) is 17.8 Å². The molecule has 0 radical (unpaired) electrons. The molecule has 2 aliphatic heterocycles. The molecule has 0 bridgehead atoms. The van der Waals surface area contributed by atoms with Gasteiger partial charge in [0.1, 0.15) is 0 Å². The van der Waals surface area contributed by atoms with Crippen LogP contribution in [0, 0.1) is 11.8 Å². The summed E-state index contributed by atoms with van der Waals surface area (Å²) in [6.07, 6.45) is 8.05. The predicted molar refractivity (Wildman–Crippen MR) is 162 cm³/mol. The summed E-state index contributed by atoms with van der Waals surface area (Å²) in [6.45, 7) is 10.5. The Bertz CT molecular complexity index is 1330. The Morgan fingerprint density at radius 2 is 1.71 bits per heavy atom. The summed E-state index contributed by atoms with van der Waals surface area (Å²) in [5, 5.41) is 4.62. The Morgan fingerprint density at radius 1 is 1.00 bits per heavy atom. The molecule has 220 valence electrons. The minimum Gasteiger partial charge on any atom is -0.383 e. The van der Waals surface area contributed by atoms with Crippen molar-refractivity contribution in [3.63, 3.8) is 0 Å². The van der Waals surface area contributed by atoms with E-state index >= 15 is 0 Å². The smallest absolute Gasteiger partial charge is 0.225 e. The van der Waals surface area contributed by atoms with Gasteiger partial charge in [-0.05, 0) is 61.8 Å². The van der Waals surface area contributed by atoms with Crippen molar-refractivity contribution >= 4 is 17.1 Å². The number of anilines is 1. The molecule has 3 aromatic rings. The molecule has 1 saturated carbocycles.